The Balaban J connectivity index is 1.78. The van der Waals surface area contributed by atoms with Gasteiger partial charge in [0.2, 0.25) is 0 Å². The van der Waals surface area contributed by atoms with Crippen molar-refractivity contribution in [1.82, 2.24) is 14.6 Å². The second kappa shape index (κ2) is 7.60. The van der Waals surface area contributed by atoms with Crippen molar-refractivity contribution >= 4 is 29.0 Å². The Morgan fingerprint density at radius 3 is 2.74 bits per heavy atom. The van der Waals surface area contributed by atoms with E-state index in [1.807, 2.05) is 59.1 Å². The number of hydrogen-bond acceptors (Lipinski definition) is 5. The van der Waals surface area contributed by atoms with E-state index in [-0.39, 0.29) is 0 Å². The number of hydrogen-bond donors (Lipinski definition) is 1. The van der Waals surface area contributed by atoms with Gasteiger partial charge in [-0.1, -0.05) is 47.6 Å². The summed E-state index contributed by atoms with van der Waals surface area (Å²) in [5, 5.41) is 9.10. The summed E-state index contributed by atoms with van der Waals surface area (Å²) in [6.07, 6.45) is 2.01. The Labute approximate surface area is 166 Å². The first kappa shape index (κ1) is 17.9. The summed E-state index contributed by atoms with van der Waals surface area (Å²) in [6.45, 7) is 0.503. The van der Waals surface area contributed by atoms with Gasteiger partial charge in [0.1, 0.15) is 5.75 Å². The Kier molecular flexibility index (Phi) is 5.03. The van der Waals surface area contributed by atoms with Crippen molar-refractivity contribution < 1.29 is 4.74 Å². The highest BCUT2D eigenvalue weighted by atomic mass is 35.5. The molecule has 2 heterocycles. The molecule has 0 atom stereocenters. The minimum Gasteiger partial charge on any atom is -0.495 e. The van der Waals surface area contributed by atoms with Gasteiger partial charge < -0.3 is 10.5 Å². The molecule has 0 radical (unpaired) electrons. The van der Waals surface area contributed by atoms with Crippen LogP contribution in [0.5, 0.6) is 5.75 Å². The smallest absolute Gasteiger partial charge is 0.170 e. The van der Waals surface area contributed by atoms with Gasteiger partial charge in [-0.05, 0) is 35.9 Å². The molecule has 4 rings (SSSR count). The molecule has 0 unspecified atom stereocenters. The molecule has 5 nitrogen and oxygen atoms in total. The molecule has 0 aliphatic carbocycles. The lowest BCUT2D eigenvalue weighted by Crippen LogP contribution is -1.98. The molecule has 0 aliphatic rings. The second-order valence-corrected chi connectivity index (χ2v) is 7.35. The third-order valence-electron chi connectivity index (χ3n) is 4.22. The third-order valence-corrected chi connectivity index (χ3v) is 5.70. The summed E-state index contributed by atoms with van der Waals surface area (Å²) in [7, 11) is 1.59. The van der Waals surface area contributed by atoms with Crippen LogP contribution >= 0.6 is 23.4 Å². The fourth-order valence-electron chi connectivity index (χ4n) is 2.86. The van der Waals surface area contributed by atoms with Gasteiger partial charge >= 0.3 is 0 Å². The van der Waals surface area contributed by atoms with Crippen LogP contribution in [0.2, 0.25) is 5.02 Å². The molecule has 0 fully saturated rings. The molecule has 2 aromatic carbocycles. The highest BCUT2D eigenvalue weighted by molar-refractivity contribution is 7.99. The number of rotatable bonds is 5. The zero-order valence-corrected chi connectivity index (χ0v) is 16.2. The Bertz CT molecular complexity index is 1110. The Hall–Kier alpha value is -2.54. The summed E-state index contributed by atoms with van der Waals surface area (Å²) in [4.78, 5) is 2.19. The van der Waals surface area contributed by atoms with E-state index in [1.54, 1.807) is 18.9 Å². The summed E-state index contributed by atoms with van der Waals surface area (Å²) in [6, 6.07) is 17.7. The SMILES string of the molecule is COc1cccc(-c2nnc3ccc(Sc4ccccc4CN)cn23)c1Cl. The van der Waals surface area contributed by atoms with Crippen LogP contribution in [-0.2, 0) is 6.54 Å². The lowest BCUT2D eigenvalue weighted by atomic mass is 10.2. The van der Waals surface area contributed by atoms with Gasteiger partial charge in [0, 0.05) is 28.1 Å². The predicted molar refractivity (Wildman–Crippen MR) is 108 cm³/mol. The largest absolute Gasteiger partial charge is 0.495 e. The zero-order valence-electron chi connectivity index (χ0n) is 14.6. The number of fused-ring (bicyclic) bond motifs is 1. The Morgan fingerprint density at radius 1 is 1.07 bits per heavy atom. The highest BCUT2D eigenvalue weighted by Crippen LogP contribution is 2.35. The molecule has 0 spiro atoms. The molecule has 0 saturated heterocycles. The lowest BCUT2D eigenvalue weighted by Gasteiger charge is -2.09. The lowest BCUT2D eigenvalue weighted by molar-refractivity contribution is 0.415. The summed E-state index contributed by atoms with van der Waals surface area (Å²) in [5.74, 6) is 1.27. The molecule has 2 N–H and O–H groups in total. The maximum Gasteiger partial charge on any atom is 0.170 e. The number of halogens is 1. The first-order valence-corrected chi connectivity index (χ1v) is 9.54. The molecule has 0 aliphatic heterocycles. The standard InChI is InChI=1S/C20H17ClN4OS/c1-26-16-7-4-6-15(19(16)21)20-24-23-18-10-9-14(12-25(18)20)27-17-8-3-2-5-13(17)11-22/h2-10,12H,11,22H2,1H3. The van der Waals surface area contributed by atoms with Crippen LogP contribution in [0.15, 0.2) is 70.6 Å². The van der Waals surface area contributed by atoms with E-state index in [4.69, 9.17) is 22.1 Å². The molecule has 136 valence electrons. The summed E-state index contributed by atoms with van der Waals surface area (Å²) in [5.41, 5.74) is 8.49. The molecule has 0 amide bonds. The van der Waals surface area contributed by atoms with Gasteiger partial charge in [-0.2, -0.15) is 0 Å². The molecular weight excluding hydrogens is 380 g/mol. The molecule has 0 bridgehead atoms. The quantitative estimate of drug-likeness (QED) is 0.531. The average molecular weight is 397 g/mol. The van der Waals surface area contributed by atoms with Crippen molar-refractivity contribution in [2.45, 2.75) is 16.3 Å². The molecular formula is C20H17ClN4OS. The third kappa shape index (κ3) is 3.39. The van der Waals surface area contributed by atoms with Crippen molar-refractivity contribution in [2.75, 3.05) is 7.11 Å². The fourth-order valence-corrected chi connectivity index (χ4v) is 4.12. The van der Waals surface area contributed by atoms with E-state index in [0.29, 0.717) is 23.1 Å². The number of pyridine rings is 1. The number of methoxy groups -OCH3 is 1. The van der Waals surface area contributed by atoms with Gasteiger partial charge in [0.25, 0.3) is 0 Å². The maximum absolute atomic E-state index is 6.48. The van der Waals surface area contributed by atoms with Crippen LogP contribution in [0.25, 0.3) is 17.0 Å². The topological polar surface area (TPSA) is 65.4 Å². The van der Waals surface area contributed by atoms with E-state index < -0.39 is 0 Å². The van der Waals surface area contributed by atoms with Crippen LogP contribution in [0.4, 0.5) is 0 Å². The van der Waals surface area contributed by atoms with Gasteiger partial charge in [-0.3, -0.25) is 4.40 Å². The average Bonchev–Trinajstić information content (AvgIpc) is 3.12. The first-order chi connectivity index (χ1) is 13.2. The number of benzene rings is 2. The van der Waals surface area contributed by atoms with Crippen LogP contribution in [0.1, 0.15) is 5.56 Å². The van der Waals surface area contributed by atoms with Crippen molar-refractivity contribution in [3.63, 3.8) is 0 Å². The molecule has 27 heavy (non-hydrogen) atoms. The van der Waals surface area contributed by atoms with Crippen LogP contribution < -0.4 is 10.5 Å². The fraction of sp³-hybridized carbons (Fsp3) is 0.100. The minimum absolute atomic E-state index is 0.503. The predicted octanol–water partition coefficient (Wildman–Crippen LogP) is 4.67. The van der Waals surface area contributed by atoms with E-state index in [9.17, 15) is 0 Å². The van der Waals surface area contributed by atoms with E-state index in [1.165, 1.54) is 0 Å². The van der Waals surface area contributed by atoms with Gasteiger partial charge in [-0.25, -0.2) is 0 Å². The van der Waals surface area contributed by atoms with E-state index in [0.717, 1.165) is 26.6 Å². The minimum atomic E-state index is 0.503. The first-order valence-electron chi connectivity index (χ1n) is 8.34. The molecule has 0 saturated carbocycles. The van der Waals surface area contributed by atoms with Crippen molar-refractivity contribution in [1.29, 1.82) is 0 Å². The number of nitrogens with two attached hydrogens (primary N) is 1. The monoisotopic (exact) mass is 396 g/mol. The van der Waals surface area contributed by atoms with E-state index >= 15 is 0 Å². The van der Waals surface area contributed by atoms with Gasteiger partial charge in [-0.15, -0.1) is 10.2 Å². The molecule has 2 aromatic heterocycles. The van der Waals surface area contributed by atoms with Gasteiger partial charge in [0.05, 0.1) is 12.1 Å². The van der Waals surface area contributed by atoms with Crippen LogP contribution in [0, 0.1) is 0 Å². The van der Waals surface area contributed by atoms with Crippen molar-refractivity contribution in [2.24, 2.45) is 5.73 Å². The van der Waals surface area contributed by atoms with E-state index in [2.05, 4.69) is 16.3 Å². The maximum atomic E-state index is 6.48. The summed E-state index contributed by atoms with van der Waals surface area (Å²) < 4.78 is 7.26. The Morgan fingerprint density at radius 2 is 1.93 bits per heavy atom. The van der Waals surface area contributed by atoms with Crippen LogP contribution in [-0.4, -0.2) is 21.7 Å². The van der Waals surface area contributed by atoms with Gasteiger partial charge in [0.15, 0.2) is 11.5 Å². The number of nitrogens with zero attached hydrogens (tertiary/aromatic N) is 3. The summed E-state index contributed by atoms with van der Waals surface area (Å²) >= 11 is 8.14. The number of aromatic nitrogens is 3. The number of ether oxygens (including phenoxy) is 1. The molecule has 7 heteroatoms. The normalized spacial score (nSPS) is 11.1. The van der Waals surface area contributed by atoms with Crippen molar-refractivity contribution in [3.05, 3.63) is 71.4 Å². The van der Waals surface area contributed by atoms with Crippen LogP contribution in [0.3, 0.4) is 0 Å². The zero-order chi connectivity index (χ0) is 18.8. The van der Waals surface area contributed by atoms with Crippen molar-refractivity contribution in [3.8, 4) is 17.1 Å². The highest BCUT2D eigenvalue weighted by Gasteiger charge is 2.15. The molecule has 4 aromatic rings. The second-order valence-electron chi connectivity index (χ2n) is 5.85.